The molecule has 2 N–H and O–H groups in total. The van der Waals surface area contributed by atoms with Crippen LogP contribution in [0.4, 0.5) is 0 Å². The van der Waals surface area contributed by atoms with E-state index in [-0.39, 0.29) is 12.0 Å². The van der Waals surface area contributed by atoms with Gasteiger partial charge in [-0.15, -0.1) is 11.8 Å². The average molecular weight is 253 g/mol. The zero-order chi connectivity index (χ0) is 12.7. The van der Waals surface area contributed by atoms with Crippen molar-refractivity contribution in [2.45, 2.75) is 30.7 Å². The lowest BCUT2D eigenvalue weighted by atomic mass is 10.1. The van der Waals surface area contributed by atoms with Gasteiger partial charge in [0.05, 0.1) is 13.5 Å². The topological polar surface area (TPSA) is 52.3 Å². The standard InChI is InChI=1S/C13H19NO2S/c1-3-11(14)10-6-4-5-7-12(10)17-9-8-13(15)16-2/h4-7,11H,3,8-9,14H2,1-2H3/t11-/m1/s1. The fraction of sp³-hybridized carbons (Fsp3) is 0.462. The van der Waals surface area contributed by atoms with Crippen LogP contribution in [-0.4, -0.2) is 18.8 Å². The molecule has 17 heavy (non-hydrogen) atoms. The van der Waals surface area contributed by atoms with E-state index in [4.69, 9.17) is 5.73 Å². The molecule has 94 valence electrons. The van der Waals surface area contributed by atoms with E-state index >= 15 is 0 Å². The van der Waals surface area contributed by atoms with Crippen LogP contribution in [0.25, 0.3) is 0 Å². The van der Waals surface area contributed by atoms with Crippen molar-refractivity contribution in [3.05, 3.63) is 29.8 Å². The van der Waals surface area contributed by atoms with Crippen LogP contribution >= 0.6 is 11.8 Å². The molecular formula is C13H19NO2S. The third kappa shape index (κ3) is 4.40. The molecule has 0 saturated carbocycles. The number of methoxy groups -OCH3 is 1. The van der Waals surface area contributed by atoms with Gasteiger partial charge in [-0.1, -0.05) is 25.1 Å². The summed E-state index contributed by atoms with van der Waals surface area (Å²) < 4.78 is 4.61. The van der Waals surface area contributed by atoms with Crippen molar-refractivity contribution in [2.24, 2.45) is 5.73 Å². The summed E-state index contributed by atoms with van der Waals surface area (Å²) in [5.41, 5.74) is 7.21. The summed E-state index contributed by atoms with van der Waals surface area (Å²) >= 11 is 1.65. The molecule has 0 unspecified atom stereocenters. The first-order valence-corrected chi connectivity index (χ1v) is 6.71. The van der Waals surface area contributed by atoms with Crippen LogP contribution in [0, 0.1) is 0 Å². The van der Waals surface area contributed by atoms with Crippen LogP contribution in [0.2, 0.25) is 0 Å². The highest BCUT2D eigenvalue weighted by Crippen LogP contribution is 2.28. The Morgan fingerprint density at radius 3 is 2.82 bits per heavy atom. The highest BCUT2D eigenvalue weighted by atomic mass is 32.2. The Morgan fingerprint density at radius 1 is 1.47 bits per heavy atom. The molecule has 1 aromatic carbocycles. The first-order valence-electron chi connectivity index (χ1n) is 5.73. The number of hydrogen-bond acceptors (Lipinski definition) is 4. The number of carbonyl (C=O) groups excluding carboxylic acids is 1. The molecule has 1 rings (SSSR count). The highest BCUT2D eigenvalue weighted by Gasteiger charge is 2.09. The summed E-state index contributed by atoms with van der Waals surface area (Å²) in [4.78, 5) is 12.2. The second kappa shape index (κ2) is 7.35. The van der Waals surface area contributed by atoms with E-state index in [9.17, 15) is 4.79 Å². The normalized spacial score (nSPS) is 12.2. The van der Waals surface area contributed by atoms with Gasteiger partial charge >= 0.3 is 5.97 Å². The maximum Gasteiger partial charge on any atom is 0.306 e. The summed E-state index contributed by atoms with van der Waals surface area (Å²) in [5.74, 6) is 0.551. The second-order valence-corrected chi connectivity index (χ2v) is 4.86. The minimum atomic E-state index is -0.172. The molecule has 0 aromatic heterocycles. The van der Waals surface area contributed by atoms with Crippen molar-refractivity contribution in [1.29, 1.82) is 0 Å². The van der Waals surface area contributed by atoms with Crippen molar-refractivity contribution in [3.8, 4) is 0 Å². The van der Waals surface area contributed by atoms with Gasteiger partial charge in [-0.3, -0.25) is 4.79 Å². The van der Waals surface area contributed by atoms with E-state index in [1.807, 2.05) is 18.2 Å². The maximum absolute atomic E-state index is 11.0. The van der Waals surface area contributed by atoms with E-state index in [0.29, 0.717) is 6.42 Å². The van der Waals surface area contributed by atoms with E-state index < -0.39 is 0 Å². The van der Waals surface area contributed by atoms with Crippen LogP contribution < -0.4 is 5.73 Å². The molecule has 0 radical (unpaired) electrons. The van der Waals surface area contributed by atoms with Crippen molar-refractivity contribution in [2.75, 3.05) is 12.9 Å². The molecule has 0 amide bonds. The fourth-order valence-corrected chi connectivity index (χ4v) is 2.53. The number of nitrogens with two attached hydrogens (primary N) is 1. The molecule has 0 aliphatic carbocycles. The van der Waals surface area contributed by atoms with E-state index in [1.54, 1.807) is 11.8 Å². The molecule has 0 aliphatic rings. The Labute approximate surface area is 107 Å². The van der Waals surface area contributed by atoms with Crippen LogP contribution in [0.1, 0.15) is 31.4 Å². The minimum Gasteiger partial charge on any atom is -0.469 e. The summed E-state index contributed by atoms with van der Waals surface area (Å²) in [6, 6.07) is 8.15. The molecule has 0 bridgehead atoms. The predicted octanol–water partition coefficient (Wildman–Crippen LogP) is 2.75. The van der Waals surface area contributed by atoms with Gasteiger partial charge < -0.3 is 10.5 Å². The smallest absolute Gasteiger partial charge is 0.306 e. The Morgan fingerprint density at radius 2 is 2.18 bits per heavy atom. The predicted molar refractivity (Wildman–Crippen MR) is 71.0 cm³/mol. The van der Waals surface area contributed by atoms with E-state index in [1.165, 1.54) is 7.11 Å². The summed E-state index contributed by atoms with van der Waals surface area (Å²) in [5, 5.41) is 0. The summed E-state index contributed by atoms with van der Waals surface area (Å²) in [7, 11) is 1.41. The number of hydrogen-bond donors (Lipinski definition) is 1. The van der Waals surface area contributed by atoms with Gasteiger partial charge in [0.15, 0.2) is 0 Å². The molecular weight excluding hydrogens is 234 g/mol. The second-order valence-electron chi connectivity index (χ2n) is 3.73. The number of carbonyl (C=O) groups is 1. The molecule has 0 spiro atoms. The van der Waals surface area contributed by atoms with Crippen molar-refractivity contribution < 1.29 is 9.53 Å². The lowest BCUT2D eigenvalue weighted by molar-refractivity contribution is -0.140. The largest absolute Gasteiger partial charge is 0.469 e. The van der Waals surface area contributed by atoms with Crippen LogP contribution in [0.5, 0.6) is 0 Å². The average Bonchev–Trinajstić information content (AvgIpc) is 2.38. The van der Waals surface area contributed by atoms with Crippen molar-refractivity contribution in [3.63, 3.8) is 0 Å². The third-order valence-corrected chi connectivity index (χ3v) is 3.64. The van der Waals surface area contributed by atoms with Crippen LogP contribution in [0.3, 0.4) is 0 Å². The third-order valence-electron chi connectivity index (χ3n) is 2.55. The zero-order valence-corrected chi connectivity index (χ0v) is 11.1. The van der Waals surface area contributed by atoms with Gasteiger partial charge in [-0.05, 0) is 18.1 Å². The minimum absolute atomic E-state index is 0.0665. The SMILES string of the molecule is CC[C@@H](N)c1ccccc1SCCC(=O)OC. The van der Waals surface area contributed by atoms with E-state index in [0.717, 1.165) is 22.6 Å². The summed E-state index contributed by atoms with van der Waals surface area (Å²) in [6.07, 6.45) is 1.34. The fourth-order valence-electron chi connectivity index (χ4n) is 1.48. The van der Waals surface area contributed by atoms with E-state index in [2.05, 4.69) is 17.7 Å². The molecule has 1 atom stereocenters. The first-order chi connectivity index (χ1) is 8.19. The molecule has 1 aromatic rings. The van der Waals surface area contributed by atoms with Crippen molar-refractivity contribution in [1.82, 2.24) is 0 Å². The number of esters is 1. The molecule has 0 aliphatic heterocycles. The van der Waals surface area contributed by atoms with Crippen LogP contribution in [-0.2, 0) is 9.53 Å². The lowest BCUT2D eigenvalue weighted by Crippen LogP contribution is -2.10. The molecule has 3 nitrogen and oxygen atoms in total. The first kappa shape index (κ1) is 14.1. The quantitative estimate of drug-likeness (QED) is 0.625. The number of thioether (sulfide) groups is 1. The Kier molecular flexibility index (Phi) is 6.08. The lowest BCUT2D eigenvalue weighted by Gasteiger charge is -2.14. The maximum atomic E-state index is 11.0. The number of benzene rings is 1. The van der Waals surface area contributed by atoms with Gasteiger partial charge in [-0.25, -0.2) is 0 Å². The highest BCUT2D eigenvalue weighted by molar-refractivity contribution is 7.99. The number of ether oxygens (including phenoxy) is 1. The molecule has 0 heterocycles. The van der Waals surface area contributed by atoms with Crippen molar-refractivity contribution >= 4 is 17.7 Å². The van der Waals surface area contributed by atoms with Gasteiger partial charge in [0.1, 0.15) is 0 Å². The Bertz CT molecular complexity index is 368. The monoisotopic (exact) mass is 253 g/mol. The zero-order valence-electron chi connectivity index (χ0n) is 10.3. The number of rotatable bonds is 6. The molecule has 0 fully saturated rings. The Hall–Kier alpha value is -1.00. The van der Waals surface area contributed by atoms with Gasteiger partial charge in [0.2, 0.25) is 0 Å². The van der Waals surface area contributed by atoms with Gasteiger partial charge in [0, 0.05) is 16.7 Å². The molecule has 4 heteroatoms. The molecule has 0 saturated heterocycles. The Balaban J connectivity index is 2.61. The van der Waals surface area contributed by atoms with Gasteiger partial charge in [-0.2, -0.15) is 0 Å². The van der Waals surface area contributed by atoms with Gasteiger partial charge in [0.25, 0.3) is 0 Å². The summed E-state index contributed by atoms with van der Waals surface area (Å²) in [6.45, 7) is 2.07. The van der Waals surface area contributed by atoms with Crippen LogP contribution in [0.15, 0.2) is 29.2 Å².